The number of piperidine rings is 1. The summed E-state index contributed by atoms with van der Waals surface area (Å²) in [6, 6.07) is 14.3. The summed E-state index contributed by atoms with van der Waals surface area (Å²) < 4.78 is 0. The highest BCUT2D eigenvalue weighted by molar-refractivity contribution is 5.79. The maximum Gasteiger partial charge on any atom is 0.191 e. The zero-order valence-corrected chi connectivity index (χ0v) is 17.3. The Morgan fingerprint density at radius 3 is 2.66 bits per heavy atom. The van der Waals surface area contributed by atoms with E-state index in [0.717, 1.165) is 42.5 Å². The van der Waals surface area contributed by atoms with Crippen LogP contribution in [-0.4, -0.2) is 48.8 Å². The van der Waals surface area contributed by atoms with Gasteiger partial charge in [0.15, 0.2) is 5.96 Å². The monoisotopic (exact) mass is 395 g/mol. The number of aromatic nitrogens is 1. The Hall–Kier alpha value is -2.60. The molecule has 6 heteroatoms. The quantitative estimate of drug-likeness (QED) is 0.473. The van der Waals surface area contributed by atoms with Gasteiger partial charge in [0.05, 0.1) is 13.2 Å². The number of anilines is 1. The number of nitrogens with zero attached hydrogens (tertiary/aromatic N) is 3. The molecule has 1 aromatic carbocycles. The van der Waals surface area contributed by atoms with Crippen LogP contribution in [0.3, 0.4) is 0 Å². The van der Waals surface area contributed by atoms with E-state index < -0.39 is 0 Å². The molecule has 1 fully saturated rings. The Morgan fingerprint density at radius 2 is 1.93 bits per heavy atom. The van der Waals surface area contributed by atoms with Crippen LogP contribution in [0, 0.1) is 0 Å². The fraction of sp³-hybridized carbons (Fsp3) is 0.478. The van der Waals surface area contributed by atoms with Gasteiger partial charge in [-0.05, 0) is 49.4 Å². The summed E-state index contributed by atoms with van der Waals surface area (Å²) in [5.74, 6) is 1.85. The molecule has 3 rings (SSSR count). The molecular formula is C23H33N5O. The number of aliphatic imine (C=N–C) groups is 1. The molecular weight excluding hydrogens is 362 g/mol. The molecule has 6 nitrogen and oxygen atoms in total. The summed E-state index contributed by atoms with van der Waals surface area (Å²) in [5, 5.41) is 16.4. The average molecular weight is 396 g/mol. The van der Waals surface area contributed by atoms with Crippen molar-refractivity contribution in [2.45, 2.75) is 38.6 Å². The maximum atomic E-state index is 9.77. The second-order valence-corrected chi connectivity index (χ2v) is 7.44. The second kappa shape index (κ2) is 11.4. The first kappa shape index (κ1) is 21.1. The lowest BCUT2D eigenvalue weighted by molar-refractivity contribution is 0.265. The number of hydrogen-bond acceptors (Lipinski definition) is 4. The third-order valence-electron chi connectivity index (χ3n) is 5.26. The first-order valence-corrected chi connectivity index (χ1v) is 10.7. The first-order chi connectivity index (χ1) is 14.3. The summed E-state index contributed by atoms with van der Waals surface area (Å²) in [5.41, 5.74) is 2.28. The van der Waals surface area contributed by atoms with Crippen molar-refractivity contribution in [3.8, 4) is 0 Å². The maximum absolute atomic E-state index is 9.77. The van der Waals surface area contributed by atoms with Crippen molar-refractivity contribution in [1.29, 1.82) is 0 Å². The number of pyridine rings is 1. The molecule has 156 valence electrons. The van der Waals surface area contributed by atoms with Crippen LogP contribution in [0.5, 0.6) is 0 Å². The molecule has 1 saturated heterocycles. The van der Waals surface area contributed by atoms with Crippen molar-refractivity contribution in [2.75, 3.05) is 37.7 Å². The standard InChI is InChI=1S/C23H33N5O/c1-2-24-23(27-17-21(18-29)20-9-5-3-6-10-20)26-16-19-11-12-25-22(15-19)28-13-7-4-8-14-28/h3,5-6,9-12,15,21,29H,2,4,7-8,13-14,16-18H2,1H3,(H2,24,26,27). The summed E-state index contributed by atoms with van der Waals surface area (Å²) in [6.45, 7) is 6.34. The minimum Gasteiger partial charge on any atom is -0.396 e. The van der Waals surface area contributed by atoms with Crippen molar-refractivity contribution >= 4 is 11.8 Å². The van der Waals surface area contributed by atoms with Crippen LogP contribution in [-0.2, 0) is 6.54 Å². The number of guanidine groups is 1. The van der Waals surface area contributed by atoms with Crippen LogP contribution < -0.4 is 15.5 Å². The summed E-state index contributed by atoms with van der Waals surface area (Å²) >= 11 is 0. The fourth-order valence-corrected chi connectivity index (χ4v) is 3.60. The molecule has 2 heterocycles. The van der Waals surface area contributed by atoms with Gasteiger partial charge in [-0.3, -0.25) is 0 Å². The van der Waals surface area contributed by atoms with Crippen molar-refractivity contribution in [2.24, 2.45) is 4.99 Å². The van der Waals surface area contributed by atoms with Crippen LogP contribution in [0.4, 0.5) is 5.82 Å². The van der Waals surface area contributed by atoms with Crippen LogP contribution in [0.1, 0.15) is 43.2 Å². The molecule has 0 amide bonds. The van der Waals surface area contributed by atoms with E-state index in [0.29, 0.717) is 13.1 Å². The molecule has 0 radical (unpaired) electrons. The average Bonchev–Trinajstić information content (AvgIpc) is 2.79. The smallest absolute Gasteiger partial charge is 0.191 e. The molecule has 29 heavy (non-hydrogen) atoms. The summed E-state index contributed by atoms with van der Waals surface area (Å²) in [4.78, 5) is 11.7. The number of benzene rings is 1. The normalized spacial score (nSPS) is 15.8. The fourth-order valence-electron chi connectivity index (χ4n) is 3.60. The molecule has 1 aliphatic rings. The molecule has 0 aliphatic carbocycles. The molecule has 0 bridgehead atoms. The Morgan fingerprint density at radius 1 is 1.14 bits per heavy atom. The predicted molar refractivity (Wildman–Crippen MR) is 119 cm³/mol. The molecule has 1 unspecified atom stereocenters. The van der Waals surface area contributed by atoms with Gasteiger partial charge in [0.2, 0.25) is 0 Å². The number of aliphatic hydroxyl groups is 1. The van der Waals surface area contributed by atoms with E-state index >= 15 is 0 Å². The van der Waals surface area contributed by atoms with Gasteiger partial charge < -0.3 is 20.6 Å². The Labute approximate surface area is 174 Å². The first-order valence-electron chi connectivity index (χ1n) is 10.7. The van der Waals surface area contributed by atoms with E-state index in [4.69, 9.17) is 4.99 Å². The number of hydrogen-bond donors (Lipinski definition) is 3. The van der Waals surface area contributed by atoms with Crippen molar-refractivity contribution in [1.82, 2.24) is 15.6 Å². The van der Waals surface area contributed by atoms with Gasteiger partial charge in [-0.15, -0.1) is 0 Å². The van der Waals surface area contributed by atoms with Crippen LogP contribution in [0.15, 0.2) is 53.7 Å². The SMILES string of the molecule is CCNC(=NCc1ccnc(N2CCCCC2)c1)NCC(CO)c1ccccc1. The van der Waals surface area contributed by atoms with Crippen LogP contribution in [0.25, 0.3) is 0 Å². The number of rotatable bonds is 8. The topological polar surface area (TPSA) is 72.8 Å². The van der Waals surface area contributed by atoms with E-state index in [2.05, 4.69) is 33.5 Å². The lowest BCUT2D eigenvalue weighted by atomic mass is 10.0. The summed E-state index contributed by atoms with van der Waals surface area (Å²) in [6.07, 6.45) is 5.68. The lowest BCUT2D eigenvalue weighted by Gasteiger charge is -2.27. The molecule has 3 N–H and O–H groups in total. The van der Waals surface area contributed by atoms with Crippen LogP contribution in [0.2, 0.25) is 0 Å². The van der Waals surface area contributed by atoms with E-state index in [1.807, 2.05) is 42.6 Å². The lowest BCUT2D eigenvalue weighted by Crippen LogP contribution is -2.39. The van der Waals surface area contributed by atoms with E-state index in [1.165, 1.54) is 19.3 Å². The highest BCUT2D eigenvalue weighted by Crippen LogP contribution is 2.18. The zero-order valence-electron chi connectivity index (χ0n) is 17.3. The number of aliphatic hydroxyl groups excluding tert-OH is 1. The Bertz CT molecular complexity index is 759. The second-order valence-electron chi connectivity index (χ2n) is 7.44. The van der Waals surface area contributed by atoms with Crippen molar-refractivity contribution in [3.05, 3.63) is 59.8 Å². The third kappa shape index (κ3) is 6.46. The summed E-state index contributed by atoms with van der Waals surface area (Å²) in [7, 11) is 0. The van der Waals surface area contributed by atoms with E-state index in [-0.39, 0.29) is 12.5 Å². The van der Waals surface area contributed by atoms with E-state index in [9.17, 15) is 5.11 Å². The molecule has 1 aromatic heterocycles. The Kier molecular flexibility index (Phi) is 8.31. The van der Waals surface area contributed by atoms with Crippen molar-refractivity contribution in [3.63, 3.8) is 0 Å². The largest absolute Gasteiger partial charge is 0.396 e. The molecule has 2 aromatic rings. The molecule has 0 saturated carbocycles. The Balaban J connectivity index is 1.61. The molecule has 1 aliphatic heterocycles. The van der Waals surface area contributed by atoms with Gasteiger partial charge in [-0.2, -0.15) is 0 Å². The van der Waals surface area contributed by atoms with Crippen molar-refractivity contribution < 1.29 is 5.11 Å². The van der Waals surface area contributed by atoms with Gasteiger partial charge in [0, 0.05) is 38.3 Å². The van der Waals surface area contributed by atoms with Gasteiger partial charge in [0.1, 0.15) is 5.82 Å². The third-order valence-corrected chi connectivity index (χ3v) is 5.26. The zero-order chi connectivity index (χ0) is 20.3. The van der Waals surface area contributed by atoms with E-state index in [1.54, 1.807) is 0 Å². The van der Waals surface area contributed by atoms with Gasteiger partial charge >= 0.3 is 0 Å². The van der Waals surface area contributed by atoms with Gasteiger partial charge in [-0.1, -0.05) is 30.3 Å². The molecule has 1 atom stereocenters. The van der Waals surface area contributed by atoms with Crippen LogP contribution >= 0.6 is 0 Å². The predicted octanol–water partition coefficient (Wildman–Crippen LogP) is 2.90. The highest BCUT2D eigenvalue weighted by Gasteiger charge is 2.13. The minimum atomic E-state index is 0.0340. The highest BCUT2D eigenvalue weighted by atomic mass is 16.3. The number of nitrogens with one attached hydrogen (secondary N) is 2. The van der Waals surface area contributed by atoms with Gasteiger partial charge in [-0.25, -0.2) is 9.98 Å². The minimum absolute atomic E-state index is 0.0340. The van der Waals surface area contributed by atoms with Gasteiger partial charge in [0.25, 0.3) is 0 Å². The molecule has 0 spiro atoms.